The van der Waals surface area contributed by atoms with Crippen LogP contribution in [0.3, 0.4) is 0 Å². The molecule has 0 radical (unpaired) electrons. The van der Waals surface area contributed by atoms with Crippen LogP contribution in [0.25, 0.3) is 0 Å². The number of esters is 1. The molecule has 5 nitrogen and oxygen atoms in total. The summed E-state index contributed by atoms with van der Waals surface area (Å²) in [5.74, 6) is -0.0720. The van der Waals surface area contributed by atoms with E-state index in [1.54, 1.807) is 19.1 Å². The zero-order valence-electron chi connectivity index (χ0n) is 10.2. The van der Waals surface area contributed by atoms with E-state index in [1.165, 1.54) is 20.4 Å². The number of aromatic nitrogens is 1. The third-order valence-corrected chi connectivity index (χ3v) is 2.57. The molecule has 0 aliphatic carbocycles. The smallest absolute Gasteiger partial charge is 0.305 e. The van der Waals surface area contributed by atoms with Crippen LogP contribution in [0.2, 0.25) is 0 Å². The average molecular weight is 239 g/mol. The van der Waals surface area contributed by atoms with Gasteiger partial charge in [0.25, 0.3) is 0 Å². The van der Waals surface area contributed by atoms with Gasteiger partial charge in [-0.3, -0.25) is 4.79 Å². The first-order chi connectivity index (χ1) is 8.08. The highest BCUT2D eigenvalue weighted by Crippen LogP contribution is 2.24. The Morgan fingerprint density at radius 1 is 1.47 bits per heavy atom. The number of rotatable bonds is 5. The Morgan fingerprint density at radius 3 is 2.65 bits per heavy atom. The molecule has 0 saturated heterocycles. The third-order valence-electron chi connectivity index (χ3n) is 2.57. The molecule has 1 aromatic rings. The van der Waals surface area contributed by atoms with Crippen LogP contribution in [0, 0.1) is 5.92 Å². The Balaban J connectivity index is 2.67. The van der Waals surface area contributed by atoms with Crippen LogP contribution in [0.15, 0.2) is 18.3 Å². The molecule has 0 aliphatic rings. The van der Waals surface area contributed by atoms with E-state index >= 15 is 0 Å². The van der Waals surface area contributed by atoms with Gasteiger partial charge in [-0.05, 0) is 17.5 Å². The number of carbonyl (C=O) groups is 1. The first-order valence-corrected chi connectivity index (χ1v) is 5.33. The van der Waals surface area contributed by atoms with Gasteiger partial charge >= 0.3 is 5.97 Å². The molecule has 0 aliphatic heterocycles. The minimum Gasteiger partial charge on any atom is -0.481 e. The molecule has 1 N–H and O–H groups in total. The second-order valence-electron chi connectivity index (χ2n) is 3.84. The van der Waals surface area contributed by atoms with Gasteiger partial charge in [-0.1, -0.05) is 6.92 Å². The summed E-state index contributed by atoms with van der Waals surface area (Å²) in [5, 5.41) is 10.0. The van der Waals surface area contributed by atoms with Crippen LogP contribution >= 0.6 is 0 Å². The van der Waals surface area contributed by atoms with Crippen molar-refractivity contribution in [3.05, 3.63) is 23.9 Å². The fourth-order valence-corrected chi connectivity index (χ4v) is 1.47. The van der Waals surface area contributed by atoms with Crippen LogP contribution < -0.4 is 4.74 Å². The summed E-state index contributed by atoms with van der Waals surface area (Å²) < 4.78 is 9.48. The predicted molar refractivity (Wildman–Crippen MR) is 61.5 cm³/mol. The SMILES string of the molecule is COC(=O)CC(C)C(O)c1ccc(OC)nc1. The molecule has 0 bridgehead atoms. The van der Waals surface area contributed by atoms with Crippen LogP contribution in [0.1, 0.15) is 25.0 Å². The lowest BCUT2D eigenvalue weighted by molar-refractivity contribution is -0.142. The molecule has 1 rings (SSSR count). The molecule has 0 amide bonds. The second-order valence-corrected chi connectivity index (χ2v) is 3.84. The van der Waals surface area contributed by atoms with Crippen molar-refractivity contribution in [2.45, 2.75) is 19.4 Å². The van der Waals surface area contributed by atoms with Crippen molar-refractivity contribution in [2.24, 2.45) is 5.92 Å². The molecule has 0 fully saturated rings. The standard InChI is InChI=1S/C12H17NO4/c1-8(6-11(14)17-3)12(15)9-4-5-10(16-2)13-7-9/h4-5,7-8,12,15H,6H2,1-3H3. The van der Waals surface area contributed by atoms with E-state index in [4.69, 9.17) is 4.74 Å². The molecule has 94 valence electrons. The van der Waals surface area contributed by atoms with E-state index in [9.17, 15) is 9.90 Å². The van der Waals surface area contributed by atoms with Crippen molar-refractivity contribution in [3.8, 4) is 5.88 Å². The van der Waals surface area contributed by atoms with Gasteiger partial charge in [-0.15, -0.1) is 0 Å². The van der Waals surface area contributed by atoms with Gasteiger partial charge in [-0.2, -0.15) is 0 Å². The van der Waals surface area contributed by atoms with E-state index in [0.29, 0.717) is 11.4 Å². The van der Waals surface area contributed by atoms with Crippen molar-refractivity contribution in [1.29, 1.82) is 0 Å². The fourth-order valence-electron chi connectivity index (χ4n) is 1.47. The largest absolute Gasteiger partial charge is 0.481 e. The highest BCUT2D eigenvalue weighted by atomic mass is 16.5. The average Bonchev–Trinajstić information content (AvgIpc) is 2.37. The number of hydrogen-bond donors (Lipinski definition) is 1. The number of nitrogens with zero attached hydrogens (tertiary/aromatic N) is 1. The van der Waals surface area contributed by atoms with Crippen LogP contribution in [-0.2, 0) is 9.53 Å². The summed E-state index contributed by atoms with van der Waals surface area (Å²) in [6, 6.07) is 3.40. The minimum absolute atomic E-state index is 0.170. The summed E-state index contributed by atoms with van der Waals surface area (Å²) in [6.45, 7) is 1.78. The van der Waals surface area contributed by atoms with Crippen molar-refractivity contribution in [1.82, 2.24) is 4.98 Å². The van der Waals surface area contributed by atoms with Crippen molar-refractivity contribution < 1.29 is 19.4 Å². The summed E-state index contributed by atoms with van der Waals surface area (Å²) in [7, 11) is 2.86. The quantitative estimate of drug-likeness (QED) is 0.785. The first kappa shape index (κ1) is 13.4. The molecule has 2 atom stereocenters. The minimum atomic E-state index is -0.743. The maximum Gasteiger partial charge on any atom is 0.305 e. The van der Waals surface area contributed by atoms with Gasteiger partial charge in [0.2, 0.25) is 5.88 Å². The first-order valence-electron chi connectivity index (χ1n) is 5.33. The zero-order chi connectivity index (χ0) is 12.8. The molecule has 1 heterocycles. The van der Waals surface area contributed by atoms with Gasteiger partial charge in [0.05, 0.1) is 26.7 Å². The fraction of sp³-hybridized carbons (Fsp3) is 0.500. The molecule has 0 saturated carbocycles. The van der Waals surface area contributed by atoms with E-state index < -0.39 is 6.10 Å². The Bertz CT molecular complexity index is 363. The maximum atomic E-state index is 11.1. The zero-order valence-corrected chi connectivity index (χ0v) is 10.2. The number of carbonyl (C=O) groups excluding carboxylic acids is 1. The Kier molecular flexibility index (Phi) is 4.90. The number of ether oxygens (including phenoxy) is 2. The van der Waals surface area contributed by atoms with Gasteiger partial charge in [0.1, 0.15) is 0 Å². The lowest BCUT2D eigenvalue weighted by Gasteiger charge is -2.17. The Morgan fingerprint density at radius 2 is 2.18 bits per heavy atom. The maximum absolute atomic E-state index is 11.1. The highest BCUT2D eigenvalue weighted by molar-refractivity contribution is 5.69. The second kappa shape index (κ2) is 6.20. The molecule has 2 unspecified atom stereocenters. The molecule has 0 spiro atoms. The van der Waals surface area contributed by atoms with Crippen LogP contribution in [0.4, 0.5) is 0 Å². The van der Waals surface area contributed by atoms with Crippen molar-refractivity contribution in [2.75, 3.05) is 14.2 Å². The summed E-state index contributed by atoms with van der Waals surface area (Å²) in [6.07, 6.45) is 0.966. The summed E-state index contributed by atoms with van der Waals surface area (Å²) in [5.41, 5.74) is 0.655. The monoisotopic (exact) mass is 239 g/mol. The van der Waals surface area contributed by atoms with E-state index in [2.05, 4.69) is 9.72 Å². The van der Waals surface area contributed by atoms with E-state index in [-0.39, 0.29) is 18.3 Å². The van der Waals surface area contributed by atoms with Gasteiger partial charge in [-0.25, -0.2) is 4.98 Å². The van der Waals surface area contributed by atoms with Crippen molar-refractivity contribution in [3.63, 3.8) is 0 Å². The molecular formula is C12H17NO4. The van der Waals surface area contributed by atoms with Gasteiger partial charge in [0.15, 0.2) is 0 Å². The number of pyridine rings is 1. The topological polar surface area (TPSA) is 68.7 Å². The summed E-state index contributed by atoms with van der Waals surface area (Å²) in [4.78, 5) is 15.1. The lowest BCUT2D eigenvalue weighted by atomic mass is 9.96. The number of hydrogen-bond acceptors (Lipinski definition) is 5. The Hall–Kier alpha value is -1.62. The van der Waals surface area contributed by atoms with Gasteiger partial charge < -0.3 is 14.6 Å². The predicted octanol–water partition coefficient (Wildman–Crippen LogP) is 1.32. The third kappa shape index (κ3) is 3.71. The summed E-state index contributed by atoms with van der Waals surface area (Å²) >= 11 is 0. The molecular weight excluding hydrogens is 222 g/mol. The van der Waals surface area contributed by atoms with Crippen LogP contribution in [0.5, 0.6) is 5.88 Å². The molecule has 5 heteroatoms. The molecule has 1 aromatic heterocycles. The van der Waals surface area contributed by atoms with E-state index in [1.807, 2.05) is 0 Å². The lowest BCUT2D eigenvalue weighted by Crippen LogP contribution is -2.15. The van der Waals surface area contributed by atoms with Crippen molar-refractivity contribution >= 4 is 5.97 Å². The number of aliphatic hydroxyl groups is 1. The number of aliphatic hydroxyl groups excluding tert-OH is 1. The molecule has 17 heavy (non-hydrogen) atoms. The van der Waals surface area contributed by atoms with E-state index in [0.717, 1.165) is 0 Å². The van der Waals surface area contributed by atoms with Crippen LogP contribution in [-0.4, -0.2) is 30.3 Å². The Labute approximate surface area is 100 Å². The highest BCUT2D eigenvalue weighted by Gasteiger charge is 2.20. The molecule has 0 aromatic carbocycles. The normalized spacial score (nSPS) is 13.9. The van der Waals surface area contributed by atoms with Gasteiger partial charge in [0, 0.05) is 12.3 Å². The number of methoxy groups -OCH3 is 2.